The number of carbonyl (C=O) groups excluding carboxylic acids is 2. The Labute approximate surface area is 136 Å². The Kier molecular flexibility index (Phi) is 5.72. The van der Waals surface area contributed by atoms with Crippen molar-refractivity contribution in [3.05, 3.63) is 15.0 Å². The van der Waals surface area contributed by atoms with Gasteiger partial charge in [-0.05, 0) is 28.8 Å². The number of hydrogen-bond acceptors (Lipinski definition) is 6. The van der Waals surface area contributed by atoms with Gasteiger partial charge in [-0.3, -0.25) is 14.6 Å². The Morgan fingerprint density at radius 1 is 1.67 bits per heavy atom. The van der Waals surface area contributed by atoms with Gasteiger partial charge in [0, 0.05) is 24.3 Å². The second kappa shape index (κ2) is 7.33. The Balaban J connectivity index is 1.93. The number of aromatic nitrogens is 1. The van der Waals surface area contributed by atoms with Crippen LogP contribution in [0.15, 0.2) is 9.98 Å². The Morgan fingerprint density at radius 3 is 3.05 bits per heavy atom. The van der Waals surface area contributed by atoms with E-state index in [0.29, 0.717) is 19.4 Å². The highest BCUT2D eigenvalue weighted by atomic mass is 79.9. The van der Waals surface area contributed by atoms with Gasteiger partial charge in [0.2, 0.25) is 5.91 Å². The number of rotatable bonds is 4. The van der Waals surface area contributed by atoms with E-state index >= 15 is 0 Å². The number of nitrogens with zero attached hydrogens (tertiary/aromatic N) is 2. The molecule has 0 aromatic carbocycles. The standard InChI is InChI=1S/C13H18BrN3O3S/c1-8(6-11-15-10(14)7-21-11)12(18)17-5-3-4-9(16-17)13(19)20-2/h7-9,16H,3-6H2,1-2H3/t8-,9-/m0/s1. The van der Waals surface area contributed by atoms with Crippen LogP contribution in [0.25, 0.3) is 0 Å². The van der Waals surface area contributed by atoms with Crippen molar-refractivity contribution >= 4 is 39.1 Å². The number of esters is 1. The van der Waals surface area contributed by atoms with Gasteiger partial charge in [0.25, 0.3) is 0 Å². The van der Waals surface area contributed by atoms with Crippen LogP contribution in [0.3, 0.4) is 0 Å². The number of carbonyl (C=O) groups is 2. The molecule has 0 radical (unpaired) electrons. The first-order valence-corrected chi connectivity index (χ1v) is 8.43. The number of methoxy groups -OCH3 is 1. The van der Waals surface area contributed by atoms with Crippen molar-refractivity contribution in [2.75, 3.05) is 13.7 Å². The fraction of sp³-hybridized carbons (Fsp3) is 0.615. The first-order chi connectivity index (χ1) is 10.0. The van der Waals surface area contributed by atoms with Crippen molar-refractivity contribution < 1.29 is 14.3 Å². The number of hydrogen-bond donors (Lipinski definition) is 1. The van der Waals surface area contributed by atoms with Crippen molar-refractivity contribution in [1.29, 1.82) is 0 Å². The summed E-state index contributed by atoms with van der Waals surface area (Å²) in [6, 6.07) is -0.436. The van der Waals surface area contributed by atoms with Gasteiger partial charge in [-0.15, -0.1) is 11.3 Å². The van der Waals surface area contributed by atoms with Crippen LogP contribution in [0.2, 0.25) is 0 Å². The number of ether oxygens (including phenoxy) is 1. The second-order valence-corrected chi connectivity index (χ2v) is 6.76. The molecule has 0 bridgehead atoms. The van der Waals surface area contributed by atoms with Crippen molar-refractivity contribution in [1.82, 2.24) is 15.4 Å². The molecule has 0 aliphatic carbocycles. The van der Waals surface area contributed by atoms with E-state index in [9.17, 15) is 9.59 Å². The normalized spacial score (nSPS) is 20.1. The van der Waals surface area contributed by atoms with Crippen LogP contribution in [0, 0.1) is 5.92 Å². The zero-order chi connectivity index (χ0) is 15.4. The van der Waals surface area contributed by atoms with Crippen molar-refractivity contribution in [3.8, 4) is 0 Å². The summed E-state index contributed by atoms with van der Waals surface area (Å²) in [7, 11) is 1.35. The molecule has 1 aromatic rings. The topological polar surface area (TPSA) is 71.5 Å². The molecule has 1 saturated heterocycles. The molecule has 1 amide bonds. The van der Waals surface area contributed by atoms with Crippen molar-refractivity contribution in [2.24, 2.45) is 5.92 Å². The van der Waals surface area contributed by atoms with E-state index in [1.54, 1.807) is 5.01 Å². The van der Waals surface area contributed by atoms with E-state index in [0.717, 1.165) is 16.0 Å². The van der Waals surface area contributed by atoms with Crippen LogP contribution >= 0.6 is 27.3 Å². The summed E-state index contributed by atoms with van der Waals surface area (Å²) in [5.74, 6) is -0.536. The molecular formula is C13H18BrN3O3S. The number of hydrazine groups is 1. The van der Waals surface area contributed by atoms with Gasteiger partial charge in [0.1, 0.15) is 10.6 Å². The SMILES string of the molecule is COC(=O)[C@@H]1CCCN(C(=O)[C@@H](C)Cc2nc(Br)cs2)N1. The summed E-state index contributed by atoms with van der Waals surface area (Å²) in [6.45, 7) is 2.49. The summed E-state index contributed by atoms with van der Waals surface area (Å²) in [5.41, 5.74) is 2.96. The Morgan fingerprint density at radius 2 is 2.43 bits per heavy atom. The highest BCUT2D eigenvalue weighted by molar-refractivity contribution is 9.10. The molecular weight excluding hydrogens is 358 g/mol. The van der Waals surface area contributed by atoms with Gasteiger partial charge in [-0.1, -0.05) is 6.92 Å². The zero-order valence-corrected chi connectivity index (χ0v) is 14.4. The number of nitrogens with one attached hydrogen (secondary N) is 1. The van der Waals surface area contributed by atoms with Gasteiger partial charge in [0.05, 0.1) is 12.1 Å². The molecule has 116 valence electrons. The number of halogens is 1. The lowest BCUT2D eigenvalue weighted by atomic mass is 10.1. The number of amides is 1. The van der Waals surface area contributed by atoms with E-state index in [-0.39, 0.29) is 17.8 Å². The van der Waals surface area contributed by atoms with Crippen LogP contribution in [0.5, 0.6) is 0 Å². The molecule has 1 aromatic heterocycles. The lowest BCUT2D eigenvalue weighted by Gasteiger charge is -2.33. The van der Waals surface area contributed by atoms with Gasteiger partial charge in [-0.2, -0.15) is 0 Å². The van der Waals surface area contributed by atoms with Gasteiger partial charge in [-0.25, -0.2) is 10.4 Å². The van der Waals surface area contributed by atoms with Gasteiger partial charge >= 0.3 is 5.97 Å². The summed E-state index contributed by atoms with van der Waals surface area (Å²) in [6.07, 6.45) is 2.06. The highest BCUT2D eigenvalue weighted by Crippen LogP contribution is 2.20. The van der Waals surface area contributed by atoms with Gasteiger partial charge in [0.15, 0.2) is 0 Å². The largest absolute Gasteiger partial charge is 0.468 e. The van der Waals surface area contributed by atoms with Crippen LogP contribution in [0.4, 0.5) is 0 Å². The van der Waals surface area contributed by atoms with E-state index in [1.165, 1.54) is 18.4 Å². The molecule has 2 atom stereocenters. The molecule has 1 aliphatic heterocycles. The quantitative estimate of drug-likeness (QED) is 0.811. The second-order valence-electron chi connectivity index (χ2n) is 5.01. The molecule has 0 saturated carbocycles. The average molecular weight is 376 g/mol. The molecule has 1 fully saturated rings. The van der Waals surface area contributed by atoms with E-state index in [4.69, 9.17) is 4.74 Å². The average Bonchev–Trinajstić information content (AvgIpc) is 2.90. The fourth-order valence-electron chi connectivity index (χ4n) is 2.25. The van der Waals surface area contributed by atoms with E-state index in [1.807, 2.05) is 12.3 Å². The minimum absolute atomic E-state index is 0.0186. The Bertz CT molecular complexity index is 523. The number of thiazole rings is 1. The van der Waals surface area contributed by atoms with Crippen LogP contribution in [-0.2, 0) is 20.7 Å². The summed E-state index contributed by atoms with van der Waals surface area (Å²) >= 11 is 4.84. The Hall–Kier alpha value is -0.990. The summed E-state index contributed by atoms with van der Waals surface area (Å²) in [4.78, 5) is 28.3. The maximum Gasteiger partial charge on any atom is 0.324 e. The van der Waals surface area contributed by atoms with E-state index in [2.05, 4.69) is 26.3 Å². The zero-order valence-electron chi connectivity index (χ0n) is 12.0. The third-order valence-corrected chi connectivity index (χ3v) is 4.94. The smallest absolute Gasteiger partial charge is 0.324 e. The first-order valence-electron chi connectivity index (χ1n) is 6.76. The summed E-state index contributed by atoms with van der Waals surface area (Å²) < 4.78 is 5.52. The maximum atomic E-state index is 12.4. The fourth-order valence-corrected chi connectivity index (χ4v) is 3.65. The van der Waals surface area contributed by atoms with Gasteiger partial charge < -0.3 is 4.74 Å². The minimum Gasteiger partial charge on any atom is -0.468 e. The highest BCUT2D eigenvalue weighted by Gasteiger charge is 2.30. The molecule has 21 heavy (non-hydrogen) atoms. The van der Waals surface area contributed by atoms with Crippen LogP contribution < -0.4 is 5.43 Å². The lowest BCUT2D eigenvalue weighted by Crippen LogP contribution is -2.56. The van der Waals surface area contributed by atoms with Crippen molar-refractivity contribution in [3.63, 3.8) is 0 Å². The maximum absolute atomic E-state index is 12.4. The molecule has 2 rings (SSSR count). The van der Waals surface area contributed by atoms with E-state index < -0.39 is 6.04 Å². The third kappa shape index (κ3) is 4.24. The lowest BCUT2D eigenvalue weighted by molar-refractivity contribution is -0.150. The monoisotopic (exact) mass is 375 g/mol. The molecule has 8 heteroatoms. The predicted octanol–water partition coefficient (Wildman–Crippen LogP) is 1.75. The minimum atomic E-state index is -0.436. The third-order valence-electron chi connectivity index (χ3n) is 3.36. The molecule has 6 nitrogen and oxygen atoms in total. The predicted molar refractivity (Wildman–Crippen MR) is 82.6 cm³/mol. The summed E-state index contributed by atoms with van der Waals surface area (Å²) in [5, 5.41) is 4.36. The van der Waals surface area contributed by atoms with Crippen molar-refractivity contribution in [2.45, 2.75) is 32.2 Å². The molecule has 0 unspecified atom stereocenters. The molecule has 1 N–H and O–H groups in total. The van der Waals surface area contributed by atoms with Crippen LogP contribution in [0.1, 0.15) is 24.8 Å². The molecule has 0 spiro atoms. The van der Waals surface area contributed by atoms with Crippen LogP contribution in [-0.4, -0.2) is 41.6 Å². The molecule has 2 heterocycles. The first kappa shape index (κ1) is 16.4. The molecule has 1 aliphatic rings.